The lowest BCUT2D eigenvalue weighted by Crippen LogP contribution is -2.24. The number of hydrogen-bond acceptors (Lipinski definition) is 4. The molecule has 0 saturated carbocycles. The average molecular weight is 328 g/mol. The van der Waals surface area contributed by atoms with E-state index in [9.17, 15) is 4.79 Å². The molecule has 0 saturated heterocycles. The topological polar surface area (TPSA) is 54.9 Å². The molecule has 20 heavy (non-hydrogen) atoms. The Balaban J connectivity index is 1.80. The van der Waals surface area contributed by atoms with E-state index in [4.69, 9.17) is 23.2 Å². The molecule has 0 bridgehead atoms. The number of amides is 1. The summed E-state index contributed by atoms with van der Waals surface area (Å²) in [6, 6.07) is 6.91. The molecule has 1 aromatic heterocycles. The molecular weight excluding hydrogens is 317 g/mol. The van der Waals surface area contributed by atoms with Crippen LogP contribution in [0.25, 0.3) is 0 Å². The van der Waals surface area contributed by atoms with Crippen LogP contribution in [0.2, 0.25) is 10.0 Å². The summed E-state index contributed by atoms with van der Waals surface area (Å²) in [5.41, 5.74) is 0.824. The molecule has 0 aliphatic carbocycles. The first-order chi connectivity index (χ1) is 9.65. The van der Waals surface area contributed by atoms with Gasteiger partial charge in [-0.05, 0) is 23.8 Å². The average Bonchev–Trinajstić information content (AvgIpc) is 2.45. The summed E-state index contributed by atoms with van der Waals surface area (Å²) < 4.78 is 0. The third-order valence-corrected chi connectivity index (χ3v) is 3.83. The Morgan fingerprint density at radius 2 is 2.00 bits per heavy atom. The molecule has 2 rings (SSSR count). The Hall–Kier alpha value is -1.30. The summed E-state index contributed by atoms with van der Waals surface area (Å²) in [5.74, 6) is 0.156. The van der Waals surface area contributed by atoms with E-state index in [1.165, 1.54) is 11.8 Å². The van der Waals surface area contributed by atoms with E-state index in [0.29, 0.717) is 21.7 Å². The van der Waals surface area contributed by atoms with Crippen LogP contribution in [0.15, 0.2) is 41.8 Å². The summed E-state index contributed by atoms with van der Waals surface area (Å²) in [5, 5.41) is 4.47. The van der Waals surface area contributed by atoms with Gasteiger partial charge in [-0.15, -0.1) is 0 Å². The lowest BCUT2D eigenvalue weighted by molar-refractivity contribution is -0.118. The van der Waals surface area contributed by atoms with E-state index in [1.807, 2.05) is 0 Å². The molecule has 0 unspecified atom stereocenters. The van der Waals surface area contributed by atoms with Crippen LogP contribution in [0.1, 0.15) is 5.56 Å². The van der Waals surface area contributed by atoms with Crippen molar-refractivity contribution in [3.63, 3.8) is 0 Å². The number of thioether (sulfide) groups is 1. The number of carbonyl (C=O) groups excluding carboxylic acids is 1. The van der Waals surface area contributed by atoms with Crippen LogP contribution in [0.5, 0.6) is 0 Å². The molecule has 1 aromatic carbocycles. The molecular formula is C13H11Cl2N3OS. The van der Waals surface area contributed by atoms with Gasteiger partial charge in [-0.2, -0.15) is 0 Å². The highest BCUT2D eigenvalue weighted by molar-refractivity contribution is 7.99. The molecule has 1 amide bonds. The number of rotatable bonds is 5. The van der Waals surface area contributed by atoms with E-state index in [2.05, 4.69) is 15.3 Å². The van der Waals surface area contributed by atoms with Crippen molar-refractivity contribution < 1.29 is 4.79 Å². The second-order valence-corrected chi connectivity index (χ2v) is 5.62. The second-order valence-electron chi connectivity index (χ2n) is 3.83. The van der Waals surface area contributed by atoms with E-state index in [-0.39, 0.29) is 11.7 Å². The number of hydrogen-bond donors (Lipinski definition) is 1. The van der Waals surface area contributed by atoms with Crippen molar-refractivity contribution in [3.8, 4) is 0 Å². The van der Waals surface area contributed by atoms with Gasteiger partial charge in [0, 0.05) is 29.0 Å². The zero-order chi connectivity index (χ0) is 14.4. The van der Waals surface area contributed by atoms with Gasteiger partial charge in [-0.25, -0.2) is 9.97 Å². The van der Waals surface area contributed by atoms with Crippen LogP contribution in [0, 0.1) is 0 Å². The van der Waals surface area contributed by atoms with Crippen molar-refractivity contribution in [3.05, 3.63) is 52.3 Å². The molecule has 0 radical (unpaired) electrons. The fraction of sp³-hybridized carbons (Fsp3) is 0.154. The highest BCUT2D eigenvalue weighted by Gasteiger charge is 2.06. The van der Waals surface area contributed by atoms with Crippen molar-refractivity contribution in [1.29, 1.82) is 0 Å². The SMILES string of the molecule is O=C(CSc1ncccn1)NCc1ccc(Cl)cc1Cl. The van der Waals surface area contributed by atoms with Crippen LogP contribution in [0.4, 0.5) is 0 Å². The maximum Gasteiger partial charge on any atom is 0.230 e. The normalized spacial score (nSPS) is 10.3. The molecule has 2 aromatic rings. The van der Waals surface area contributed by atoms with Gasteiger partial charge >= 0.3 is 0 Å². The summed E-state index contributed by atoms with van der Waals surface area (Å²) in [6.45, 7) is 0.366. The highest BCUT2D eigenvalue weighted by atomic mass is 35.5. The Morgan fingerprint density at radius 1 is 1.25 bits per heavy atom. The van der Waals surface area contributed by atoms with Crippen molar-refractivity contribution in [1.82, 2.24) is 15.3 Å². The third-order valence-electron chi connectivity index (χ3n) is 2.37. The van der Waals surface area contributed by atoms with Gasteiger partial charge in [0.05, 0.1) is 5.75 Å². The first kappa shape index (κ1) is 15.1. The van der Waals surface area contributed by atoms with E-state index in [1.54, 1.807) is 36.7 Å². The standard InChI is InChI=1S/C13H11Cl2N3OS/c14-10-3-2-9(11(15)6-10)7-18-12(19)8-20-13-16-4-1-5-17-13/h1-6H,7-8H2,(H,18,19). The molecule has 0 atom stereocenters. The fourth-order valence-electron chi connectivity index (χ4n) is 1.40. The quantitative estimate of drug-likeness (QED) is 0.676. The minimum Gasteiger partial charge on any atom is -0.351 e. The van der Waals surface area contributed by atoms with Crippen molar-refractivity contribution in [2.75, 3.05) is 5.75 Å². The maximum absolute atomic E-state index is 11.7. The van der Waals surface area contributed by atoms with Crippen molar-refractivity contribution in [2.45, 2.75) is 11.7 Å². The molecule has 0 spiro atoms. The number of carbonyl (C=O) groups is 1. The number of benzene rings is 1. The Kier molecular flexibility index (Phi) is 5.64. The van der Waals surface area contributed by atoms with Gasteiger partial charge in [0.2, 0.25) is 5.91 Å². The van der Waals surface area contributed by atoms with E-state index >= 15 is 0 Å². The molecule has 1 heterocycles. The molecule has 104 valence electrons. The lowest BCUT2D eigenvalue weighted by Gasteiger charge is -2.07. The fourth-order valence-corrected chi connectivity index (χ4v) is 2.51. The predicted molar refractivity (Wildman–Crippen MR) is 81.1 cm³/mol. The van der Waals surface area contributed by atoms with Gasteiger partial charge in [0.1, 0.15) is 0 Å². The Morgan fingerprint density at radius 3 is 2.70 bits per heavy atom. The zero-order valence-electron chi connectivity index (χ0n) is 10.3. The van der Waals surface area contributed by atoms with Gasteiger partial charge in [0.25, 0.3) is 0 Å². The summed E-state index contributed by atoms with van der Waals surface area (Å²) in [7, 11) is 0. The number of aromatic nitrogens is 2. The van der Waals surface area contributed by atoms with Gasteiger partial charge in [0.15, 0.2) is 5.16 Å². The Labute approximate surface area is 130 Å². The minimum absolute atomic E-state index is 0.103. The van der Waals surface area contributed by atoms with Gasteiger partial charge in [-0.1, -0.05) is 41.0 Å². The largest absolute Gasteiger partial charge is 0.351 e. The first-order valence-corrected chi connectivity index (χ1v) is 7.50. The van der Waals surface area contributed by atoms with Crippen molar-refractivity contribution >= 4 is 40.9 Å². The van der Waals surface area contributed by atoms with E-state index in [0.717, 1.165) is 5.56 Å². The monoisotopic (exact) mass is 327 g/mol. The first-order valence-electron chi connectivity index (χ1n) is 5.75. The van der Waals surface area contributed by atoms with Gasteiger partial charge in [-0.3, -0.25) is 4.79 Å². The number of nitrogens with one attached hydrogen (secondary N) is 1. The molecule has 0 aliphatic heterocycles. The van der Waals surface area contributed by atoms with E-state index < -0.39 is 0 Å². The molecule has 7 heteroatoms. The van der Waals surface area contributed by atoms with Crippen LogP contribution < -0.4 is 5.32 Å². The second kappa shape index (κ2) is 7.47. The maximum atomic E-state index is 11.7. The zero-order valence-corrected chi connectivity index (χ0v) is 12.7. The minimum atomic E-state index is -0.103. The number of nitrogens with zero attached hydrogens (tertiary/aromatic N) is 2. The third kappa shape index (κ3) is 4.67. The lowest BCUT2D eigenvalue weighted by atomic mass is 10.2. The smallest absolute Gasteiger partial charge is 0.230 e. The summed E-state index contributed by atoms with van der Waals surface area (Å²) in [6.07, 6.45) is 3.28. The molecule has 0 aliphatic rings. The van der Waals surface area contributed by atoms with Crippen LogP contribution >= 0.6 is 35.0 Å². The Bertz CT molecular complexity index is 595. The molecule has 0 fully saturated rings. The number of halogens is 2. The molecule has 4 nitrogen and oxygen atoms in total. The molecule has 1 N–H and O–H groups in total. The van der Waals surface area contributed by atoms with Crippen LogP contribution in [0.3, 0.4) is 0 Å². The summed E-state index contributed by atoms with van der Waals surface area (Å²) in [4.78, 5) is 19.8. The highest BCUT2D eigenvalue weighted by Crippen LogP contribution is 2.20. The van der Waals surface area contributed by atoms with Crippen LogP contribution in [-0.4, -0.2) is 21.6 Å². The predicted octanol–water partition coefficient (Wildman–Crippen LogP) is 3.19. The summed E-state index contributed by atoms with van der Waals surface area (Å²) >= 11 is 13.1. The van der Waals surface area contributed by atoms with Crippen molar-refractivity contribution in [2.24, 2.45) is 0 Å². The van der Waals surface area contributed by atoms with Gasteiger partial charge < -0.3 is 5.32 Å². The van der Waals surface area contributed by atoms with Crippen LogP contribution in [-0.2, 0) is 11.3 Å².